The SMILES string of the molecule is CNC/C(C(=O)N1CCC(Oc2ccc(Cl)cc2)CC1)=C1\NC(C)=CN(CC(F)(F)F)C1=O. The molecular weight excluding hydrogens is 461 g/mol. The number of likely N-dealkylation sites (N-methyl/N-ethyl adjacent to an activating group) is 1. The quantitative estimate of drug-likeness (QED) is 0.605. The number of carbonyl (C=O) groups is 2. The lowest BCUT2D eigenvalue weighted by molar-refractivity contribution is -0.154. The van der Waals surface area contributed by atoms with E-state index in [-0.39, 0.29) is 23.9 Å². The fourth-order valence-electron chi connectivity index (χ4n) is 3.75. The van der Waals surface area contributed by atoms with Crippen molar-refractivity contribution in [1.82, 2.24) is 20.4 Å². The van der Waals surface area contributed by atoms with E-state index in [0.717, 1.165) is 6.20 Å². The third-order valence-corrected chi connectivity index (χ3v) is 5.51. The van der Waals surface area contributed by atoms with Gasteiger partial charge in [0.25, 0.3) is 11.8 Å². The maximum absolute atomic E-state index is 13.3. The van der Waals surface area contributed by atoms with Crippen molar-refractivity contribution >= 4 is 23.4 Å². The van der Waals surface area contributed by atoms with E-state index in [4.69, 9.17) is 16.3 Å². The van der Waals surface area contributed by atoms with Crippen molar-refractivity contribution in [2.45, 2.75) is 32.0 Å². The molecule has 0 unspecified atom stereocenters. The Kier molecular flexibility index (Phi) is 7.91. The zero-order chi connectivity index (χ0) is 24.2. The Labute approximate surface area is 195 Å². The molecule has 0 radical (unpaired) electrons. The van der Waals surface area contributed by atoms with Crippen LogP contribution < -0.4 is 15.4 Å². The van der Waals surface area contributed by atoms with Gasteiger partial charge in [0.2, 0.25) is 0 Å². The molecule has 2 aliphatic rings. The maximum atomic E-state index is 13.3. The summed E-state index contributed by atoms with van der Waals surface area (Å²) in [6.07, 6.45) is -2.39. The number of ether oxygens (including phenoxy) is 1. The molecule has 2 heterocycles. The topological polar surface area (TPSA) is 73.9 Å². The molecule has 0 atom stereocenters. The minimum Gasteiger partial charge on any atom is -0.490 e. The average molecular weight is 487 g/mol. The van der Waals surface area contributed by atoms with Gasteiger partial charge < -0.3 is 25.2 Å². The molecular formula is C22H26ClF3N4O3. The highest BCUT2D eigenvalue weighted by Gasteiger charge is 2.37. The summed E-state index contributed by atoms with van der Waals surface area (Å²) in [5.74, 6) is -0.601. The number of nitrogens with one attached hydrogen (secondary N) is 2. The number of benzene rings is 1. The van der Waals surface area contributed by atoms with Crippen molar-refractivity contribution < 1.29 is 27.5 Å². The first kappa shape index (κ1) is 24.9. The number of hydrogen-bond acceptors (Lipinski definition) is 5. The van der Waals surface area contributed by atoms with E-state index in [9.17, 15) is 22.8 Å². The number of likely N-dealkylation sites (tertiary alicyclic amines) is 1. The lowest BCUT2D eigenvalue weighted by Gasteiger charge is -2.34. The molecule has 33 heavy (non-hydrogen) atoms. The minimum absolute atomic E-state index is 0.0290. The Bertz CT molecular complexity index is 939. The summed E-state index contributed by atoms with van der Waals surface area (Å²) < 4.78 is 44.7. The smallest absolute Gasteiger partial charge is 0.406 e. The predicted molar refractivity (Wildman–Crippen MR) is 117 cm³/mol. The highest BCUT2D eigenvalue weighted by Crippen LogP contribution is 2.24. The minimum atomic E-state index is -4.56. The maximum Gasteiger partial charge on any atom is 0.406 e. The number of alkyl halides is 3. The number of allylic oxidation sites excluding steroid dienone is 1. The standard InChI is InChI=1S/C22H26ClF3N4O3/c1-14-12-30(13-22(24,25)26)21(32)19(28-14)18(11-27-2)20(31)29-9-7-17(8-10-29)33-16-5-3-15(23)4-6-16/h3-6,12,17,27-28H,7-11,13H2,1-2H3/b19-18+. The zero-order valence-electron chi connectivity index (χ0n) is 18.3. The fraction of sp³-hybridized carbons (Fsp3) is 0.455. The second-order valence-corrected chi connectivity index (χ2v) is 8.37. The number of halogens is 4. The van der Waals surface area contributed by atoms with Crippen LogP contribution in [-0.2, 0) is 9.59 Å². The van der Waals surface area contributed by atoms with Crippen LogP contribution in [0.2, 0.25) is 5.02 Å². The number of amides is 2. The van der Waals surface area contributed by atoms with E-state index in [1.807, 2.05) is 0 Å². The Morgan fingerprint density at radius 3 is 2.45 bits per heavy atom. The van der Waals surface area contributed by atoms with Crippen LogP contribution in [0.5, 0.6) is 5.75 Å². The molecule has 0 spiro atoms. The number of carbonyl (C=O) groups excluding carboxylic acids is 2. The molecule has 0 bridgehead atoms. The predicted octanol–water partition coefficient (Wildman–Crippen LogP) is 3.04. The number of hydrogen-bond donors (Lipinski definition) is 2. The van der Waals surface area contributed by atoms with Gasteiger partial charge in [-0.05, 0) is 38.2 Å². The molecule has 1 fully saturated rings. The third-order valence-electron chi connectivity index (χ3n) is 5.26. The van der Waals surface area contributed by atoms with Crippen molar-refractivity contribution in [2.24, 2.45) is 0 Å². The van der Waals surface area contributed by atoms with Crippen LogP contribution in [0.1, 0.15) is 19.8 Å². The third kappa shape index (κ3) is 6.64. The van der Waals surface area contributed by atoms with Crippen LogP contribution in [0.25, 0.3) is 0 Å². The highest BCUT2D eigenvalue weighted by molar-refractivity contribution is 6.30. The Hall–Kier alpha value is -2.72. The van der Waals surface area contributed by atoms with E-state index in [1.54, 1.807) is 36.2 Å². The van der Waals surface area contributed by atoms with Gasteiger partial charge in [-0.25, -0.2) is 0 Å². The molecule has 1 aromatic rings. The van der Waals surface area contributed by atoms with Gasteiger partial charge in [0.15, 0.2) is 0 Å². The van der Waals surface area contributed by atoms with Gasteiger partial charge in [0.1, 0.15) is 24.1 Å². The van der Waals surface area contributed by atoms with Crippen molar-refractivity contribution in [3.8, 4) is 5.75 Å². The van der Waals surface area contributed by atoms with E-state index in [2.05, 4.69) is 10.6 Å². The molecule has 2 N–H and O–H groups in total. The van der Waals surface area contributed by atoms with E-state index < -0.39 is 24.5 Å². The number of nitrogens with zero attached hydrogens (tertiary/aromatic N) is 2. The van der Waals surface area contributed by atoms with Gasteiger partial charge in [-0.1, -0.05) is 11.6 Å². The highest BCUT2D eigenvalue weighted by atomic mass is 35.5. The van der Waals surface area contributed by atoms with Crippen molar-refractivity contribution in [1.29, 1.82) is 0 Å². The second kappa shape index (κ2) is 10.5. The first-order chi connectivity index (χ1) is 15.6. The first-order valence-electron chi connectivity index (χ1n) is 10.5. The molecule has 2 aliphatic heterocycles. The molecule has 7 nitrogen and oxygen atoms in total. The molecule has 0 saturated carbocycles. The molecule has 0 aromatic heterocycles. The lowest BCUT2D eigenvalue weighted by atomic mass is 10.0. The first-order valence-corrected chi connectivity index (χ1v) is 10.9. The summed E-state index contributed by atoms with van der Waals surface area (Å²) in [4.78, 5) is 28.2. The molecule has 2 amide bonds. The van der Waals surface area contributed by atoms with E-state index >= 15 is 0 Å². The van der Waals surface area contributed by atoms with Crippen LogP contribution in [0, 0.1) is 0 Å². The van der Waals surface area contributed by atoms with Crippen LogP contribution >= 0.6 is 11.6 Å². The van der Waals surface area contributed by atoms with Gasteiger partial charge in [0, 0.05) is 49.4 Å². The fourth-order valence-corrected chi connectivity index (χ4v) is 3.88. The molecule has 1 saturated heterocycles. The van der Waals surface area contributed by atoms with Gasteiger partial charge in [0.05, 0.1) is 5.57 Å². The van der Waals surface area contributed by atoms with E-state index in [1.165, 1.54) is 6.92 Å². The zero-order valence-corrected chi connectivity index (χ0v) is 19.1. The average Bonchev–Trinajstić information content (AvgIpc) is 2.75. The Morgan fingerprint density at radius 2 is 1.88 bits per heavy atom. The Balaban J connectivity index is 1.72. The summed E-state index contributed by atoms with van der Waals surface area (Å²) >= 11 is 5.89. The number of piperidine rings is 1. The molecule has 3 rings (SSSR count). The van der Waals surface area contributed by atoms with Gasteiger partial charge in [-0.3, -0.25) is 9.59 Å². The summed E-state index contributed by atoms with van der Waals surface area (Å²) in [6, 6.07) is 7.02. The second-order valence-electron chi connectivity index (χ2n) is 7.93. The monoisotopic (exact) mass is 486 g/mol. The van der Waals surface area contributed by atoms with Crippen LogP contribution in [0.4, 0.5) is 13.2 Å². The van der Waals surface area contributed by atoms with E-state index in [0.29, 0.717) is 47.3 Å². The molecule has 11 heteroatoms. The number of rotatable bonds is 6. The lowest BCUT2D eigenvalue weighted by Crippen LogP contribution is -2.47. The summed E-state index contributed by atoms with van der Waals surface area (Å²) in [5.41, 5.74) is 0.294. The molecule has 0 aliphatic carbocycles. The summed E-state index contributed by atoms with van der Waals surface area (Å²) in [7, 11) is 1.60. The van der Waals surface area contributed by atoms with Gasteiger partial charge >= 0.3 is 6.18 Å². The van der Waals surface area contributed by atoms with Crippen LogP contribution in [0.15, 0.2) is 47.4 Å². The van der Waals surface area contributed by atoms with Gasteiger partial charge in [-0.15, -0.1) is 0 Å². The summed E-state index contributed by atoms with van der Waals surface area (Å²) in [5, 5.41) is 6.24. The Morgan fingerprint density at radius 1 is 1.24 bits per heavy atom. The molecule has 180 valence electrons. The summed E-state index contributed by atoms with van der Waals surface area (Å²) in [6.45, 7) is 0.931. The largest absolute Gasteiger partial charge is 0.490 e. The van der Waals surface area contributed by atoms with Crippen molar-refractivity contribution in [3.63, 3.8) is 0 Å². The van der Waals surface area contributed by atoms with Crippen LogP contribution in [-0.4, -0.2) is 67.1 Å². The van der Waals surface area contributed by atoms with Crippen molar-refractivity contribution in [2.75, 3.05) is 33.2 Å². The molecule has 1 aromatic carbocycles. The van der Waals surface area contributed by atoms with Crippen molar-refractivity contribution in [3.05, 3.63) is 52.5 Å². The van der Waals surface area contributed by atoms with Crippen LogP contribution in [0.3, 0.4) is 0 Å². The normalized spacial score (nSPS) is 19.2. The van der Waals surface area contributed by atoms with Gasteiger partial charge in [-0.2, -0.15) is 13.2 Å².